The van der Waals surface area contributed by atoms with Crippen molar-refractivity contribution in [3.63, 3.8) is 0 Å². The maximum Gasteiger partial charge on any atom is 0.330 e. The Hall–Kier alpha value is -3.03. The first-order chi connectivity index (χ1) is 11.4. The van der Waals surface area contributed by atoms with Gasteiger partial charge in [0.05, 0.1) is 14.2 Å². The van der Waals surface area contributed by atoms with Crippen molar-refractivity contribution in [1.29, 1.82) is 0 Å². The maximum absolute atomic E-state index is 11.8. The zero-order valence-corrected chi connectivity index (χ0v) is 13.9. The summed E-state index contributed by atoms with van der Waals surface area (Å²) >= 11 is 0. The number of hydrogen-bond donors (Lipinski definition) is 2. The number of nitrogens with one attached hydrogen (secondary N) is 2. The number of benzene rings is 1. The second-order valence-electron chi connectivity index (χ2n) is 4.60. The van der Waals surface area contributed by atoms with E-state index in [1.54, 1.807) is 24.3 Å². The number of rotatable bonds is 6. The Bertz CT molecular complexity index is 641. The predicted molar refractivity (Wildman–Crippen MR) is 86.7 cm³/mol. The lowest BCUT2D eigenvalue weighted by atomic mass is 10.2. The molecular weight excluding hydrogens is 316 g/mol. The zero-order chi connectivity index (χ0) is 18.1. The third kappa shape index (κ3) is 5.64. The van der Waals surface area contributed by atoms with Gasteiger partial charge >= 0.3 is 12.0 Å². The average Bonchev–Trinajstić information content (AvgIpc) is 2.59. The highest BCUT2D eigenvalue weighted by molar-refractivity contribution is 5.96. The fourth-order valence-electron chi connectivity index (χ4n) is 1.64. The summed E-state index contributed by atoms with van der Waals surface area (Å²) in [5.74, 6) is -0.367. The molecule has 2 N–H and O–H groups in total. The number of hydrogen-bond acceptors (Lipinski definition) is 6. The lowest BCUT2D eigenvalue weighted by molar-refractivity contribution is -0.134. The fourth-order valence-corrected chi connectivity index (χ4v) is 1.64. The first-order valence-electron chi connectivity index (χ1n) is 7.04. The van der Waals surface area contributed by atoms with Gasteiger partial charge in [-0.2, -0.15) is 0 Å². The lowest BCUT2D eigenvalue weighted by Gasteiger charge is -2.16. The number of urea groups is 1. The van der Waals surface area contributed by atoms with Gasteiger partial charge in [-0.3, -0.25) is 10.1 Å². The van der Waals surface area contributed by atoms with Crippen LogP contribution in [0.2, 0.25) is 0 Å². The second kappa shape index (κ2) is 9.19. The van der Waals surface area contributed by atoms with Crippen LogP contribution in [0.5, 0.6) is 11.5 Å². The first-order valence-corrected chi connectivity index (χ1v) is 7.04. The van der Waals surface area contributed by atoms with Crippen LogP contribution < -0.4 is 20.1 Å². The first kappa shape index (κ1) is 19.0. The molecule has 0 fully saturated rings. The highest BCUT2D eigenvalue weighted by Gasteiger charge is 2.18. The van der Waals surface area contributed by atoms with Gasteiger partial charge in [0.1, 0.15) is 0 Å². The molecule has 8 nitrogen and oxygen atoms in total. The molecule has 0 aromatic heterocycles. The SMILES string of the molecule is CNC(=O)NC(=O)C(C)Oc1ccc(C=CC(=O)OC)cc1OC. The number of carbonyl (C=O) groups excluding carboxylic acids is 3. The standard InChI is InChI=1S/C16H20N2O6/c1-10(15(20)18-16(21)17-2)24-12-7-5-11(9-13(12)22-3)6-8-14(19)23-4/h5-10H,1-4H3,(H2,17,18,20,21). The molecule has 1 aromatic rings. The van der Waals surface area contributed by atoms with E-state index in [-0.39, 0.29) is 0 Å². The molecule has 0 saturated carbocycles. The normalized spacial score (nSPS) is 11.5. The molecule has 3 amide bonds. The van der Waals surface area contributed by atoms with Gasteiger partial charge in [-0.1, -0.05) is 6.07 Å². The van der Waals surface area contributed by atoms with Crippen LogP contribution >= 0.6 is 0 Å². The molecule has 8 heteroatoms. The van der Waals surface area contributed by atoms with Crippen LogP contribution in [0.3, 0.4) is 0 Å². The van der Waals surface area contributed by atoms with Gasteiger partial charge < -0.3 is 19.5 Å². The van der Waals surface area contributed by atoms with Crippen molar-refractivity contribution in [2.75, 3.05) is 21.3 Å². The molecule has 1 aromatic carbocycles. The summed E-state index contributed by atoms with van der Waals surface area (Å²) in [6.45, 7) is 1.50. The molecule has 0 bridgehead atoms. The molecule has 0 spiro atoms. The van der Waals surface area contributed by atoms with E-state index >= 15 is 0 Å². The number of imide groups is 1. The van der Waals surface area contributed by atoms with Gasteiger partial charge in [0.25, 0.3) is 5.91 Å². The average molecular weight is 336 g/mol. The van der Waals surface area contributed by atoms with E-state index in [1.165, 1.54) is 34.3 Å². The summed E-state index contributed by atoms with van der Waals surface area (Å²) in [5, 5.41) is 4.40. The van der Waals surface area contributed by atoms with Crippen molar-refractivity contribution in [2.24, 2.45) is 0 Å². The highest BCUT2D eigenvalue weighted by Crippen LogP contribution is 2.29. The molecule has 1 atom stereocenters. The van der Waals surface area contributed by atoms with E-state index in [4.69, 9.17) is 9.47 Å². The number of carbonyl (C=O) groups is 3. The minimum absolute atomic E-state index is 0.326. The van der Waals surface area contributed by atoms with Crippen LogP contribution in [0, 0.1) is 0 Å². The second-order valence-corrected chi connectivity index (χ2v) is 4.60. The van der Waals surface area contributed by atoms with E-state index < -0.39 is 24.0 Å². The van der Waals surface area contributed by atoms with E-state index in [1.807, 2.05) is 0 Å². The Labute approximate surface area is 139 Å². The molecule has 0 aliphatic heterocycles. The minimum atomic E-state index is -0.910. The van der Waals surface area contributed by atoms with E-state index in [0.717, 1.165) is 0 Å². The number of ether oxygens (including phenoxy) is 3. The largest absolute Gasteiger partial charge is 0.493 e. The molecular formula is C16H20N2O6. The van der Waals surface area contributed by atoms with Crippen molar-refractivity contribution < 1.29 is 28.6 Å². The van der Waals surface area contributed by atoms with Crippen molar-refractivity contribution in [2.45, 2.75) is 13.0 Å². The van der Waals surface area contributed by atoms with Crippen molar-refractivity contribution in [3.05, 3.63) is 29.8 Å². The molecule has 1 rings (SSSR count). The van der Waals surface area contributed by atoms with Crippen molar-refractivity contribution in [3.8, 4) is 11.5 Å². The molecule has 1 unspecified atom stereocenters. The van der Waals surface area contributed by atoms with Gasteiger partial charge in [-0.25, -0.2) is 9.59 Å². The molecule has 0 saturated heterocycles. The Morgan fingerprint density at radius 3 is 2.46 bits per heavy atom. The summed E-state index contributed by atoms with van der Waals surface area (Å²) < 4.78 is 15.2. The van der Waals surface area contributed by atoms with Gasteiger partial charge in [0, 0.05) is 13.1 Å². The van der Waals surface area contributed by atoms with Crippen LogP contribution in [0.4, 0.5) is 4.79 Å². The van der Waals surface area contributed by atoms with Crippen molar-refractivity contribution >= 4 is 24.0 Å². The Morgan fingerprint density at radius 2 is 1.88 bits per heavy atom. The Morgan fingerprint density at radius 1 is 1.17 bits per heavy atom. The zero-order valence-electron chi connectivity index (χ0n) is 13.9. The van der Waals surface area contributed by atoms with Crippen LogP contribution in [0.1, 0.15) is 12.5 Å². The van der Waals surface area contributed by atoms with Crippen molar-refractivity contribution in [1.82, 2.24) is 10.6 Å². The molecule has 0 aliphatic rings. The van der Waals surface area contributed by atoms with Gasteiger partial charge in [-0.15, -0.1) is 0 Å². The summed E-state index contributed by atoms with van der Waals surface area (Å²) in [6, 6.07) is 4.30. The Kier molecular flexibility index (Phi) is 7.28. The highest BCUT2D eigenvalue weighted by atomic mass is 16.5. The van der Waals surface area contributed by atoms with E-state index in [0.29, 0.717) is 17.1 Å². The Balaban J connectivity index is 2.85. The summed E-state index contributed by atoms with van der Waals surface area (Å²) in [7, 11) is 4.14. The third-order valence-electron chi connectivity index (χ3n) is 2.94. The fraction of sp³-hybridized carbons (Fsp3) is 0.312. The number of esters is 1. The monoisotopic (exact) mass is 336 g/mol. The van der Waals surface area contributed by atoms with Crippen LogP contribution in [-0.2, 0) is 14.3 Å². The lowest BCUT2D eigenvalue weighted by Crippen LogP contribution is -2.43. The summed E-state index contributed by atoms with van der Waals surface area (Å²) in [6.07, 6.45) is 1.92. The van der Waals surface area contributed by atoms with E-state index in [2.05, 4.69) is 15.4 Å². The molecule has 0 aliphatic carbocycles. The topological polar surface area (TPSA) is 103 Å². The van der Waals surface area contributed by atoms with Crippen LogP contribution in [0.15, 0.2) is 24.3 Å². The molecule has 0 heterocycles. The van der Waals surface area contributed by atoms with Gasteiger partial charge in [-0.05, 0) is 30.7 Å². The molecule has 0 radical (unpaired) electrons. The summed E-state index contributed by atoms with van der Waals surface area (Å²) in [4.78, 5) is 34.0. The minimum Gasteiger partial charge on any atom is -0.493 e. The molecule has 130 valence electrons. The van der Waals surface area contributed by atoms with Crippen LogP contribution in [-0.4, -0.2) is 45.3 Å². The van der Waals surface area contributed by atoms with Gasteiger partial charge in [0.2, 0.25) is 0 Å². The van der Waals surface area contributed by atoms with Gasteiger partial charge in [0.15, 0.2) is 17.6 Å². The number of methoxy groups -OCH3 is 2. The quantitative estimate of drug-likeness (QED) is 0.596. The van der Waals surface area contributed by atoms with Crippen LogP contribution in [0.25, 0.3) is 6.08 Å². The third-order valence-corrected chi connectivity index (χ3v) is 2.94. The molecule has 24 heavy (non-hydrogen) atoms. The maximum atomic E-state index is 11.8. The van der Waals surface area contributed by atoms with E-state index in [9.17, 15) is 14.4 Å². The smallest absolute Gasteiger partial charge is 0.330 e. The summed E-state index contributed by atoms with van der Waals surface area (Å²) in [5.41, 5.74) is 0.687. The number of amides is 3. The predicted octanol–water partition coefficient (Wildman–Crippen LogP) is 1.10.